The van der Waals surface area contributed by atoms with Gasteiger partial charge in [-0.15, -0.1) is 0 Å². The van der Waals surface area contributed by atoms with E-state index in [1.807, 2.05) is 18.2 Å². The van der Waals surface area contributed by atoms with Gasteiger partial charge in [0.05, 0.1) is 22.2 Å². The Morgan fingerprint density at radius 3 is 1.76 bits per heavy atom. The summed E-state index contributed by atoms with van der Waals surface area (Å²) < 4.78 is 2.38. The molecule has 0 aliphatic heterocycles. The summed E-state index contributed by atoms with van der Waals surface area (Å²) in [5, 5.41) is 6.11. The van der Waals surface area contributed by atoms with Gasteiger partial charge in [-0.05, 0) is 58.3 Å². The summed E-state index contributed by atoms with van der Waals surface area (Å²) in [5.41, 5.74) is 9.88. The standard InChI is InChI=1S/C42H27N3/c1-2-10-30(11-3-1)41-36-15-6-8-16-38(36)43-42(44-41)31-20-18-28(19-21-31)29-22-24-34(25-23-29)45-39-17-9-7-14-35(39)37-26-32-12-4-5-13-33(32)27-40(37)45/h1-27H. The number of aromatic nitrogens is 3. The van der Waals surface area contributed by atoms with Crippen LogP contribution in [0.5, 0.6) is 0 Å². The SMILES string of the molecule is c1ccc(-c2nc(-c3ccc(-c4ccc(-n5c6ccccc6c6cc7ccccc7cc65)cc4)cc3)nc3ccccc23)cc1. The fourth-order valence-electron chi connectivity index (χ4n) is 6.57. The number of benzene rings is 7. The minimum absolute atomic E-state index is 0.730. The second kappa shape index (κ2) is 10.3. The maximum absolute atomic E-state index is 5.04. The van der Waals surface area contributed by atoms with Gasteiger partial charge >= 0.3 is 0 Å². The van der Waals surface area contributed by atoms with Crippen molar-refractivity contribution in [3.63, 3.8) is 0 Å². The first-order valence-electron chi connectivity index (χ1n) is 15.3. The van der Waals surface area contributed by atoms with E-state index in [-0.39, 0.29) is 0 Å². The topological polar surface area (TPSA) is 30.7 Å². The summed E-state index contributed by atoms with van der Waals surface area (Å²) >= 11 is 0. The molecule has 0 saturated heterocycles. The fourth-order valence-corrected chi connectivity index (χ4v) is 6.57. The van der Waals surface area contributed by atoms with Crippen molar-refractivity contribution in [1.29, 1.82) is 0 Å². The number of fused-ring (bicyclic) bond motifs is 5. The Morgan fingerprint density at radius 1 is 0.378 bits per heavy atom. The van der Waals surface area contributed by atoms with E-state index in [1.165, 1.54) is 38.1 Å². The monoisotopic (exact) mass is 573 g/mol. The summed E-state index contributed by atoms with van der Waals surface area (Å²) in [4.78, 5) is 9.97. The average Bonchev–Trinajstić information content (AvgIpc) is 3.44. The lowest BCUT2D eigenvalue weighted by Gasteiger charge is -2.11. The van der Waals surface area contributed by atoms with Gasteiger partial charge in [-0.1, -0.05) is 127 Å². The Balaban J connectivity index is 1.09. The highest BCUT2D eigenvalue weighted by molar-refractivity contribution is 6.13. The molecule has 2 heterocycles. The number of hydrogen-bond acceptors (Lipinski definition) is 2. The van der Waals surface area contributed by atoms with Gasteiger partial charge in [0.1, 0.15) is 0 Å². The van der Waals surface area contributed by atoms with Gasteiger partial charge in [0, 0.05) is 33.0 Å². The highest BCUT2D eigenvalue weighted by Gasteiger charge is 2.14. The van der Waals surface area contributed by atoms with E-state index in [4.69, 9.17) is 9.97 Å². The van der Waals surface area contributed by atoms with Crippen molar-refractivity contribution in [1.82, 2.24) is 14.5 Å². The van der Waals surface area contributed by atoms with Gasteiger partial charge in [0.15, 0.2) is 5.82 Å². The van der Waals surface area contributed by atoms with Crippen LogP contribution in [0.4, 0.5) is 0 Å². The number of nitrogens with zero attached hydrogens (tertiary/aromatic N) is 3. The number of hydrogen-bond donors (Lipinski definition) is 0. The van der Waals surface area contributed by atoms with Crippen molar-refractivity contribution in [3.8, 4) is 39.5 Å². The summed E-state index contributed by atoms with van der Waals surface area (Å²) in [6, 6.07) is 57.9. The third kappa shape index (κ3) is 4.29. The van der Waals surface area contributed by atoms with E-state index in [1.54, 1.807) is 0 Å². The molecule has 210 valence electrons. The molecule has 7 aromatic carbocycles. The van der Waals surface area contributed by atoms with Crippen molar-refractivity contribution in [2.75, 3.05) is 0 Å². The molecule has 3 heteroatoms. The smallest absolute Gasteiger partial charge is 0.160 e. The van der Waals surface area contributed by atoms with Gasteiger partial charge < -0.3 is 4.57 Å². The average molecular weight is 574 g/mol. The van der Waals surface area contributed by atoms with Crippen molar-refractivity contribution in [2.45, 2.75) is 0 Å². The minimum Gasteiger partial charge on any atom is -0.309 e. The molecule has 0 radical (unpaired) electrons. The molecule has 0 unspecified atom stereocenters. The Morgan fingerprint density at radius 2 is 0.978 bits per heavy atom. The van der Waals surface area contributed by atoms with Crippen molar-refractivity contribution >= 4 is 43.5 Å². The summed E-state index contributed by atoms with van der Waals surface area (Å²) in [6.07, 6.45) is 0. The Hall–Kier alpha value is -6.06. The van der Waals surface area contributed by atoms with E-state index in [9.17, 15) is 0 Å². The van der Waals surface area contributed by atoms with Crippen LogP contribution in [0.25, 0.3) is 82.9 Å². The molecular weight excluding hydrogens is 546 g/mol. The molecule has 0 atom stereocenters. The molecule has 0 spiro atoms. The van der Waals surface area contributed by atoms with Crippen LogP contribution < -0.4 is 0 Å². The van der Waals surface area contributed by atoms with Crippen LogP contribution in [0.15, 0.2) is 164 Å². The molecule has 3 nitrogen and oxygen atoms in total. The van der Waals surface area contributed by atoms with Crippen LogP contribution in [0.3, 0.4) is 0 Å². The van der Waals surface area contributed by atoms with Gasteiger partial charge in [0.25, 0.3) is 0 Å². The lowest BCUT2D eigenvalue weighted by atomic mass is 10.0. The lowest BCUT2D eigenvalue weighted by Crippen LogP contribution is -1.95. The zero-order valence-corrected chi connectivity index (χ0v) is 24.4. The predicted molar refractivity (Wildman–Crippen MR) is 188 cm³/mol. The predicted octanol–water partition coefficient (Wildman–Crippen LogP) is 10.9. The number of rotatable bonds is 4. The molecule has 0 saturated carbocycles. The quantitative estimate of drug-likeness (QED) is 0.210. The lowest BCUT2D eigenvalue weighted by molar-refractivity contribution is 1.18. The molecule has 0 N–H and O–H groups in total. The molecule has 45 heavy (non-hydrogen) atoms. The van der Waals surface area contributed by atoms with Crippen LogP contribution in [-0.2, 0) is 0 Å². The van der Waals surface area contributed by atoms with E-state index < -0.39 is 0 Å². The van der Waals surface area contributed by atoms with E-state index in [2.05, 4.69) is 150 Å². The molecule has 9 rings (SSSR count). The fraction of sp³-hybridized carbons (Fsp3) is 0. The molecule has 0 aliphatic carbocycles. The van der Waals surface area contributed by atoms with Gasteiger partial charge in [-0.25, -0.2) is 9.97 Å². The molecule has 0 amide bonds. The second-order valence-corrected chi connectivity index (χ2v) is 11.5. The maximum atomic E-state index is 5.04. The van der Waals surface area contributed by atoms with Crippen LogP contribution in [-0.4, -0.2) is 14.5 Å². The first-order valence-corrected chi connectivity index (χ1v) is 15.3. The van der Waals surface area contributed by atoms with E-state index in [0.717, 1.165) is 44.8 Å². The van der Waals surface area contributed by atoms with Crippen LogP contribution in [0, 0.1) is 0 Å². The molecular formula is C42H27N3. The Labute approximate surface area is 260 Å². The number of para-hydroxylation sites is 2. The normalized spacial score (nSPS) is 11.6. The Kier molecular flexibility index (Phi) is 5.82. The molecule has 9 aromatic rings. The van der Waals surface area contributed by atoms with Crippen molar-refractivity contribution in [2.24, 2.45) is 0 Å². The van der Waals surface area contributed by atoms with E-state index in [0.29, 0.717) is 0 Å². The first kappa shape index (κ1) is 25.4. The first-order chi connectivity index (χ1) is 22.3. The van der Waals surface area contributed by atoms with Crippen molar-refractivity contribution in [3.05, 3.63) is 164 Å². The minimum atomic E-state index is 0.730. The van der Waals surface area contributed by atoms with Crippen LogP contribution >= 0.6 is 0 Å². The highest BCUT2D eigenvalue weighted by Crippen LogP contribution is 2.36. The van der Waals surface area contributed by atoms with Gasteiger partial charge in [-0.3, -0.25) is 0 Å². The molecule has 0 bridgehead atoms. The Bertz CT molecular complexity index is 2510. The third-order valence-corrected chi connectivity index (χ3v) is 8.79. The summed E-state index contributed by atoms with van der Waals surface area (Å²) in [7, 11) is 0. The second-order valence-electron chi connectivity index (χ2n) is 11.5. The maximum Gasteiger partial charge on any atom is 0.160 e. The van der Waals surface area contributed by atoms with Crippen LogP contribution in [0.2, 0.25) is 0 Å². The largest absolute Gasteiger partial charge is 0.309 e. The molecule has 2 aromatic heterocycles. The van der Waals surface area contributed by atoms with E-state index >= 15 is 0 Å². The van der Waals surface area contributed by atoms with Crippen molar-refractivity contribution < 1.29 is 0 Å². The van der Waals surface area contributed by atoms with Gasteiger partial charge in [0.2, 0.25) is 0 Å². The summed E-state index contributed by atoms with van der Waals surface area (Å²) in [5.74, 6) is 0.730. The zero-order chi connectivity index (χ0) is 29.7. The zero-order valence-electron chi connectivity index (χ0n) is 24.4. The molecule has 0 aliphatic rings. The van der Waals surface area contributed by atoms with Crippen LogP contribution in [0.1, 0.15) is 0 Å². The highest BCUT2D eigenvalue weighted by atomic mass is 15.0. The third-order valence-electron chi connectivity index (χ3n) is 8.79. The molecule has 0 fully saturated rings. The summed E-state index contributed by atoms with van der Waals surface area (Å²) in [6.45, 7) is 0. The van der Waals surface area contributed by atoms with Gasteiger partial charge in [-0.2, -0.15) is 0 Å².